The third-order valence-corrected chi connectivity index (χ3v) is 6.58. The molecule has 0 spiro atoms. The summed E-state index contributed by atoms with van der Waals surface area (Å²) in [5, 5.41) is 3.03. The molecule has 0 bridgehead atoms. The molecule has 6 nitrogen and oxygen atoms in total. The normalized spacial score (nSPS) is 21.8. The van der Waals surface area contributed by atoms with Crippen LogP contribution in [0.15, 0.2) is 0 Å². The van der Waals surface area contributed by atoms with Crippen molar-refractivity contribution in [2.75, 3.05) is 52.1 Å². The Morgan fingerprint density at radius 2 is 1.56 bits per heavy atom. The summed E-state index contributed by atoms with van der Waals surface area (Å²) in [7, 11) is -3.60. The van der Waals surface area contributed by atoms with Crippen LogP contribution in [-0.2, 0) is 14.6 Å². The highest BCUT2D eigenvalue weighted by atomic mass is 35.5. The van der Waals surface area contributed by atoms with Gasteiger partial charge in [0.25, 0.3) is 0 Å². The number of sulfone groups is 1. The standard InChI is InChI=1S/C13H22F3N3O3S.2ClH/c1-23(21,22)12(2-4-17-5-3-12)11(20)19-8-6-18(7-9-19)10-13(14,15)16;;/h17H,2-10H2,1H3;2*1H. The number of halogens is 5. The summed E-state index contributed by atoms with van der Waals surface area (Å²) in [5.41, 5.74) is 0. The maximum atomic E-state index is 12.8. The fourth-order valence-electron chi connectivity index (χ4n) is 3.22. The van der Waals surface area contributed by atoms with E-state index < -0.39 is 33.2 Å². The van der Waals surface area contributed by atoms with Gasteiger partial charge < -0.3 is 10.2 Å². The molecule has 12 heteroatoms. The van der Waals surface area contributed by atoms with Crippen molar-refractivity contribution in [3.63, 3.8) is 0 Å². The van der Waals surface area contributed by atoms with Crippen molar-refractivity contribution < 1.29 is 26.4 Å². The van der Waals surface area contributed by atoms with Crippen molar-refractivity contribution >= 4 is 40.6 Å². The SMILES string of the molecule is CS(=O)(=O)C1(C(=O)N2CCN(CC(F)(F)F)CC2)CCNCC1.Cl.Cl. The lowest BCUT2D eigenvalue weighted by molar-refractivity contribution is -0.152. The molecule has 1 N–H and O–H groups in total. The second-order valence-electron chi connectivity index (χ2n) is 6.20. The molecule has 2 aliphatic rings. The van der Waals surface area contributed by atoms with Gasteiger partial charge in [0.2, 0.25) is 5.91 Å². The minimum Gasteiger partial charge on any atom is -0.339 e. The first kappa shape index (κ1) is 24.7. The molecule has 0 atom stereocenters. The molecule has 0 aromatic carbocycles. The Bertz CT molecular complexity index is 546. The summed E-state index contributed by atoms with van der Waals surface area (Å²) in [6.07, 6.45) is -2.80. The molecule has 2 rings (SSSR count). The highest BCUT2D eigenvalue weighted by Crippen LogP contribution is 2.30. The minimum atomic E-state index is -4.27. The zero-order valence-corrected chi connectivity index (χ0v) is 16.3. The third-order valence-electron chi connectivity index (χ3n) is 4.57. The summed E-state index contributed by atoms with van der Waals surface area (Å²) < 4.78 is 60.2. The maximum Gasteiger partial charge on any atom is 0.401 e. The molecule has 0 aromatic rings. The van der Waals surface area contributed by atoms with Crippen LogP contribution in [0.2, 0.25) is 0 Å². The fraction of sp³-hybridized carbons (Fsp3) is 0.923. The van der Waals surface area contributed by atoms with Crippen molar-refractivity contribution in [2.45, 2.75) is 23.8 Å². The van der Waals surface area contributed by atoms with E-state index in [2.05, 4.69) is 5.32 Å². The summed E-state index contributed by atoms with van der Waals surface area (Å²) in [5.74, 6) is -0.465. The molecule has 0 saturated carbocycles. The van der Waals surface area contributed by atoms with Gasteiger partial charge in [-0.3, -0.25) is 9.69 Å². The Labute approximate surface area is 158 Å². The predicted octanol–water partition coefficient (Wildman–Crippen LogP) is 0.703. The van der Waals surface area contributed by atoms with Crippen LogP contribution in [-0.4, -0.2) is 87.1 Å². The molecule has 150 valence electrons. The van der Waals surface area contributed by atoms with Gasteiger partial charge in [0.15, 0.2) is 14.6 Å². The van der Waals surface area contributed by atoms with E-state index in [0.717, 1.165) is 6.26 Å². The molecule has 2 heterocycles. The monoisotopic (exact) mass is 429 g/mol. The van der Waals surface area contributed by atoms with Gasteiger partial charge in [-0.1, -0.05) is 0 Å². The van der Waals surface area contributed by atoms with Crippen molar-refractivity contribution in [3.8, 4) is 0 Å². The van der Waals surface area contributed by atoms with Crippen LogP contribution < -0.4 is 5.32 Å². The second-order valence-corrected chi connectivity index (χ2v) is 8.53. The number of amides is 1. The molecular weight excluding hydrogens is 406 g/mol. The van der Waals surface area contributed by atoms with Gasteiger partial charge in [0.1, 0.15) is 0 Å². The maximum absolute atomic E-state index is 12.8. The van der Waals surface area contributed by atoms with E-state index in [9.17, 15) is 26.4 Å². The quantitative estimate of drug-likeness (QED) is 0.714. The minimum absolute atomic E-state index is 0. The van der Waals surface area contributed by atoms with E-state index in [1.165, 1.54) is 9.80 Å². The second kappa shape index (κ2) is 9.07. The van der Waals surface area contributed by atoms with E-state index in [1.807, 2.05) is 0 Å². The Hall–Kier alpha value is -0.290. The van der Waals surface area contributed by atoms with Crippen LogP contribution in [0.25, 0.3) is 0 Å². The van der Waals surface area contributed by atoms with Gasteiger partial charge in [-0.15, -0.1) is 24.8 Å². The molecule has 2 fully saturated rings. The number of rotatable bonds is 3. The number of carbonyl (C=O) groups excluding carboxylic acids is 1. The Kier molecular flexibility index (Phi) is 8.97. The van der Waals surface area contributed by atoms with Crippen molar-refractivity contribution in [1.29, 1.82) is 0 Å². The van der Waals surface area contributed by atoms with Crippen molar-refractivity contribution in [1.82, 2.24) is 15.1 Å². The summed E-state index contributed by atoms with van der Waals surface area (Å²) >= 11 is 0. The Morgan fingerprint density at radius 3 is 1.96 bits per heavy atom. The first-order valence-corrected chi connectivity index (χ1v) is 9.43. The summed E-state index contributed by atoms with van der Waals surface area (Å²) in [4.78, 5) is 15.4. The highest BCUT2D eigenvalue weighted by Gasteiger charge is 2.50. The topological polar surface area (TPSA) is 69.7 Å². The van der Waals surface area contributed by atoms with Crippen LogP contribution in [0.3, 0.4) is 0 Å². The van der Waals surface area contributed by atoms with Crippen LogP contribution in [0.5, 0.6) is 0 Å². The van der Waals surface area contributed by atoms with Crippen LogP contribution in [0, 0.1) is 0 Å². The zero-order valence-electron chi connectivity index (χ0n) is 13.8. The van der Waals surface area contributed by atoms with Gasteiger partial charge in [-0.05, 0) is 25.9 Å². The number of piperidine rings is 1. The van der Waals surface area contributed by atoms with Crippen LogP contribution in [0.1, 0.15) is 12.8 Å². The van der Waals surface area contributed by atoms with E-state index in [1.54, 1.807) is 0 Å². The lowest BCUT2D eigenvalue weighted by Crippen LogP contribution is -2.61. The number of piperazine rings is 1. The molecule has 0 unspecified atom stereocenters. The van der Waals surface area contributed by atoms with Gasteiger partial charge in [0.05, 0.1) is 6.54 Å². The molecule has 2 aliphatic heterocycles. The number of hydrogen-bond donors (Lipinski definition) is 1. The molecule has 0 aromatic heterocycles. The fourth-order valence-corrected chi connectivity index (χ4v) is 4.62. The molecular formula is C13H24Cl2F3N3O3S. The lowest BCUT2D eigenvalue weighted by Gasteiger charge is -2.42. The van der Waals surface area contributed by atoms with Gasteiger partial charge in [-0.25, -0.2) is 8.42 Å². The largest absolute Gasteiger partial charge is 0.401 e. The number of nitrogens with one attached hydrogen (secondary N) is 1. The molecule has 0 radical (unpaired) electrons. The Balaban J connectivity index is 0.00000288. The number of carbonyl (C=O) groups is 1. The average molecular weight is 430 g/mol. The number of nitrogens with zero attached hydrogens (tertiary/aromatic N) is 2. The van der Waals surface area contributed by atoms with E-state index in [4.69, 9.17) is 0 Å². The van der Waals surface area contributed by atoms with Crippen molar-refractivity contribution in [3.05, 3.63) is 0 Å². The van der Waals surface area contributed by atoms with Gasteiger partial charge in [-0.2, -0.15) is 13.2 Å². The van der Waals surface area contributed by atoms with Crippen LogP contribution in [0.4, 0.5) is 13.2 Å². The highest BCUT2D eigenvalue weighted by molar-refractivity contribution is 7.92. The Morgan fingerprint density at radius 1 is 1.08 bits per heavy atom. The molecule has 1 amide bonds. The first-order chi connectivity index (χ1) is 10.6. The predicted molar refractivity (Wildman–Crippen MR) is 93.2 cm³/mol. The van der Waals surface area contributed by atoms with E-state index in [-0.39, 0.29) is 63.8 Å². The van der Waals surface area contributed by atoms with Gasteiger partial charge in [0, 0.05) is 32.4 Å². The zero-order chi connectivity index (χ0) is 17.3. The third kappa shape index (κ3) is 5.85. The van der Waals surface area contributed by atoms with E-state index in [0.29, 0.717) is 13.1 Å². The lowest BCUT2D eigenvalue weighted by atomic mass is 9.95. The van der Waals surface area contributed by atoms with Crippen LogP contribution >= 0.6 is 24.8 Å². The number of alkyl halides is 3. The molecule has 25 heavy (non-hydrogen) atoms. The summed E-state index contributed by atoms with van der Waals surface area (Å²) in [6, 6.07) is 0. The van der Waals surface area contributed by atoms with Gasteiger partial charge >= 0.3 is 6.18 Å². The first-order valence-electron chi connectivity index (χ1n) is 7.54. The van der Waals surface area contributed by atoms with E-state index >= 15 is 0 Å². The smallest absolute Gasteiger partial charge is 0.339 e. The van der Waals surface area contributed by atoms with Crippen molar-refractivity contribution in [2.24, 2.45) is 0 Å². The average Bonchev–Trinajstić information content (AvgIpc) is 2.45. The summed E-state index contributed by atoms with van der Waals surface area (Å²) in [6.45, 7) is 0.321. The molecule has 2 saturated heterocycles. The molecule has 0 aliphatic carbocycles. The number of hydrogen-bond acceptors (Lipinski definition) is 5.